The molecule has 0 saturated heterocycles. The van der Waals surface area contributed by atoms with E-state index >= 15 is 0 Å². The topological polar surface area (TPSA) is 38.7 Å². The van der Waals surface area contributed by atoms with E-state index in [1.807, 2.05) is 25.1 Å². The highest BCUT2D eigenvalue weighted by Crippen LogP contribution is 2.32. The highest BCUT2D eigenvalue weighted by atomic mass is 16.5. The van der Waals surface area contributed by atoms with Gasteiger partial charge in [-0.05, 0) is 25.3 Å². The molecular formula is C17H28O3. The van der Waals surface area contributed by atoms with E-state index in [2.05, 4.69) is 13.8 Å². The molecular weight excluding hydrogens is 252 g/mol. The van der Waals surface area contributed by atoms with Gasteiger partial charge in [-0.25, -0.2) is 0 Å². The molecule has 1 rings (SSSR count). The van der Waals surface area contributed by atoms with E-state index in [1.165, 1.54) is 19.3 Å². The second-order valence-electron chi connectivity index (χ2n) is 5.06. The van der Waals surface area contributed by atoms with E-state index in [0.717, 1.165) is 17.7 Å². The van der Waals surface area contributed by atoms with Crippen LogP contribution in [-0.4, -0.2) is 18.3 Å². The van der Waals surface area contributed by atoms with E-state index in [4.69, 9.17) is 9.47 Å². The molecule has 0 aromatic heterocycles. The fraction of sp³-hybridized carbons (Fsp3) is 0.647. The number of hydrogen-bond donors (Lipinski definition) is 1. The van der Waals surface area contributed by atoms with Crippen LogP contribution in [0, 0.1) is 5.92 Å². The molecule has 0 bridgehead atoms. The number of aliphatic hydroxyl groups excluding tert-OH is 1. The SMILES string of the molecule is CCCCC(CC)COc1c(CO)cccc1OCC. The van der Waals surface area contributed by atoms with E-state index in [1.54, 1.807) is 0 Å². The summed E-state index contributed by atoms with van der Waals surface area (Å²) < 4.78 is 11.6. The van der Waals surface area contributed by atoms with Gasteiger partial charge in [0, 0.05) is 5.56 Å². The summed E-state index contributed by atoms with van der Waals surface area (Å²) in [6.45, 7) is 7.62. The molecule has 0 spiro atoms. The predicted molar refractivity (Wildman–Crippen MR) is 82.3 cm³/mol. The third-order valence-corrected chi connectivity index (χ3v) is 3.54. The Morgan fingerprint density at radius 1 is 1.15 bits per heavy atom. The lowest BCUT2D eigenvalue weighted by Gasteiger charge is -2.19. The van der Waals surface area contributed by atoms with E-state index in [-0.39, 0.29) is 6.61 Å². The van der Waals surface area contributed by atoms with Gasteiger partial charge in [0.05, 0.1) is 19.8 Å². The minimum absolute atomic E-state index is 0.0258. The largest absolute Gasteiger partial charge is 0.490 e. The maximum Gasteiger partial charge on any atom is 0.166 e. The van der Waals surface area contributed by atoms with Crippen molar-refractivity contribution < 1.29 is 14.6 Å². The number of ether oxygens (including phenoxy) is 2. The van der Waals surface area contributed by atoms with E-state index < -0.39 is 0 Å². The van der Waals surface area contributed by atoms with Crippen LogP contribution in [0.4, 0.5) is 0 Å². The van der Waals surface area contributed by atoms with Gasteiger partial charge in [0.25, 0.3) is 0 Å². The molecule has 1 N–H and O–H groups in total. The Labute approximate surface area is 122 Å². The summed E-state index contributed by atoms with van der Waals surface area (Å²) in [7, 11) is 0. The van der Waals surface area contributed by atoms with Gasteiger partial charge in [0.1, 0.15) is 0 Å². The van der Waals surface area contributed by atoms with Crippen LogP contribution in [0.5, 0.6) is 11.5 Å². The van der Waals surface area contributed by atoms with Gasteiger partial charge in [0.15, 0.2) is 11.5 Å². The minimum atomic E-state index is -0.0258. The minimum Gasteiger partial charge on any atom is -0.490 e. The summed E-state index contributed by atoms with van der Waals surface area (Å²) in [6.07, 6.45) is 4.76. The van der Waals surface area contributed by atoms with Gasteiger partial charge >= 0.3 is 0 Å². The van der Waals surface area contributed by atoms with E-state index in [0.29, 0.717) is 24.9 Å². The summed E-state index contributed by atoms with van der Waals surface area (Å²) in [6, 6.07) is 5.66. The molecule has 1 atom stereocenters. The number of unbranched alkanes of at least 4 members (excludes halogenated alkanes) is 1. The molecule has 0 heterocycles. The lowest BCUT2D eigenvalue weighted by Crippen LogP contribution is -2.13. The van der Waals surface area contributed by atoms with Crippen molar-refractivity contribution in [2.75, 3.05) is 13.2 Å². The molecule has 114 valence electrons. The molecule has 3 heteroatoms. The monoisotopic (exact) mass is 280 g/mol. The maximum atomic E-state index is 9.44. The Kier molecular flexibility index (Phi) is 8.12. The summed E-state index contributed by atoms with van der Waals surface area (Å²) in [5, 5.41) is 9.44. The molecule has 20 heavy (non-hydrogen) atoms. The lowest BCUT2D eigenvalue weighted by molar-refractivity contribution is 0.209. The molecule has 3 nitrogen and oxygen atoms in total. The first kappa shape index (κ1) is 16.8. The zero-order valence-corrected chi connectivity index (χ0v) is 13.0. The number of para-hydroxylation sites is 1. The normalized spacial score (nSPS) is 12.2. The number of rotatable bonds is 10. The lowest BCUT2D eigenvalue weighted by atomic mass is 10.0. The Bertz CT molecular complexity index is 376. The second-order valence-corrected chi connectivity index (χ2v) is 5.06. The molecule has 0 aliphatic rings. The van der Waals surface area contributed by atoms with Crippen molar-refractivity contribution in [3.63, 3.8) is 0 Å². The van der Waals surface area contributed by atoms with Crippen molar-refractivity contribution in [1.82, 2.24) is 0 Å². The summed E-state index contributed by atoms with van der Waals surface area (Å²) in [5.41, 5.74) is 0.793. The second kappa shape index (κ2) is 9.65. The van der Waals surface area contributed by atoms with Crippen molar-refractivity contribution in [2.24, 2.45) is 5.92 Å². The predicted octanol–water partition coefficient (Wildman–Crippen LogP) is 4.17. The zero-order valence-electron chi connectivity index (χ0n) is 13.0. The highest BCUT2D eigenvalue weighted by molar-refractivity contribution is 5.46. The fourth-order valence-corrected chi connectivity index (χ4v) is 2.22. The number of aliphatic hydroxyl groups is 1. The third-order valence-electron chi connectivity index (χ3n) is 3.54. The van der Waals surface area contributed by atoms with Crippen LogP contribution >= 0.6 is 0 Å². The molecule has 0 radical (unpaired) electrons. The average Bonchev–Trinajstić information content (AvgIpc) is 2.48. The summed E-state index contributed by atoms with van der Waals surface area (Å²) in [5.74, 6) is 1.99. The smallest absolute Gasteiger partial charge is 0.166 e. The van der Waals surface area contributed by atoms with Crippen LogP contribution in [0.1, 0.15) is 52.0 Å². The van der Waals surface area contributed by atoms with Crippen LogP contribution in [0.25, 0.3) is 0 Å². The third kappa shape index (κ3) is 5.04. The van der Waals surface area contributed by atoms with Crippen LogP contribution in [0.3, 0.4) is 0 Å². The maximum absolute atomic E-state index is 9.44. The van der Waals surface area contributed by atoms with Crippen molar-refractivity contribution in [3.05, 3.63) is 23.8 Å². The molecule has 1 aromatic carbocycles. The number of benzene rings is 1. The van der Waals surface area contributed by atoms with Crippen LogP contribution in [0.15, 0.2) is 18.2 Å². The van der Waals surface area contributed by atoms with Gasteiger partial charge in [-0.2, -0.15) is 0 Å². The standard InChI is InChI=1S/C17H28O3/c1-4-7-9-14(5-2)13-20-17-15(12-18)10-8-11-16(17)19-6-3/h8,10-11,14,18H,4-7,9,12-13H2,1-3H3. The van der Waals surface area contributed by atoms with Crippen molar-refractivity contribution in [3.8, 4) is 11.5 Å². The first-order chi connectivity index (χ1) is 9.76. The summed E-state index contributed by atoms with van der Waals surface area (Å²) in [4.78, 5) is 0. The average molecular weight is 280 g/mol. The first-order valence-corrected chi connectivity index (χ1v) is 7.75. The molecule has 0 saturated carbocycles. The molecule has 0 fully saturated rings. The number of hydrogen-bond acceptors (Lipinski definition) is 3. The molecule has 1 unspecified atom stereocenters. The van der Waals surface area contributed by atoms with Crippen molar-refractivity contribution >= 4 is 0 Å². The first-order valence-electron chi connectivity index (χ1n) is 7.75. The van der Waals surface area contributed by atoms with Gasteiger partial charge in [-0.15, -0.1) is 0 Å². The van der Waals surface area contributed by atoms with Gasteiger partial charge in [-0.1, -0.05) is 45.2 Å². The highest BCUT2D eigenvalue weighted by Gasteiger charge is 2.13. The molecule has 0 amide bonds. The Balaban J connectivity index is 2.73. The Morgan fingerprint density at radius 2 is 1.95 bits per heavy atom. The van der Waals surface area contributed by atoms with Crippen molar-refractivity contribution in [1.29, 1.82) is 0 Å². The van der Waals surface area contributed by atoms with Crippen LogP contribution in [-0.2, 0) is 6.61 Å². The van der Waals surface area contributed by atoms with E-state index in [9.17, 15) is 5.11 Å². The molecule has 0 aliphatic heterocycles. The quantitative estimate of drug-likeness (QED) is 0.699. The fourth-order valence-electron chi connectivity index (χ4n) is 2.22. The Hall–Kier alpha value is -1.22. The van der Waals surface area contributed by atoms with Crippen LogP contribution < -0.4 is 9.47 Å². The molecule has 1 aromatic rings. The van der Waals surface area contributed by atoms with Crippen LogP contribution in [0.2, 0.25) is 0 Å². The molecule has 0 aliphatic carbocycles. The van der Waals surface area contributed by atoms with Gasteiger partial charge in [-0.3, -0.25) is 0 Å². The van der Waals surface area contributed by atoms with Crippen molar-refractivity contribution in [2.45, 2.75) is 53.1 Å². The van der Waals surface area contributed by atoms with Gasteiger partial charge < -0.3 is 14.6 Å². The summed E-state index contributed by atoms with van der Waals surface area (Å²) >= 11 is 0. The zero-order chi connectivity index (χ0) is 14.8. The van der Waals surface area contributed by atoms with Gasteiger partial charge in [0.2, 0.25) is 0 Å². The Morgan fingerprint density at radius 3 is 2.55 bits per heavy atom.